The number of nitrogens with two attached hydrogens (primary N) is 1. The summed E-state index contributed by atoms with van der Waals surface area (Å²) in [4.78, 5) is 8.67. The highest BCUT2D eigenvalue weighted by molar-refractivity contribution is 7.99. The van der Waals surface area contributed by atoms with Crippen LogP contribution >= 0.6 is 23.4 Å². The van der Waals surface area contributed by atoms with Crippen molar-refractivity contribution < 1.29 is 19.7 Å². The number of nitrogens with zero attached hydrogens (tertiary/aromatic N) is 2. The standard InChI is InChI=1S/C14H23ClN4O2S.C6H14O2/c1-2-7-22-14-18-12(15)11(16)13(19-14)17-9-3-4-10(8-9)21-6-5-20;1-4-6(7,5-2)8-3/h9-10,20H,2-8,16H2,1H3,(H,17,18,19);7H,4-5H2,1-3H3. The van der Waals surface area contributed by atoms with E-state index in [0.717, 1.165) is 31.4 Å². The van der Waals surface area contributed by atoms with E-state index in [9.17, 15) is 5.11 Å². The maximum absolute atomic E-state index is 9.22. The number of aromatic nitrogens is 2. The molecule has 0 amide bonds. The Morgan fingerprint density at radius 3 is 2.50 bits per heavy atom. The highest BCUT2D eigenvalue weighted by atomic mass is 35.5. The molecule has 2 atom stereocenters. The third-order valence-electron chi connectivity index (χ3n) is 4.97. The second-order valence-electron chi connectivity index (χ2n) is 7.14. The summed E-state index contributed by atoms with van der Waals surface area (Å²) in [5.74, 6) is 0.673. The zero-order valence-corrected chi connectivity index (χ0v) is 20.1. The van der Waals surface area contributed by atoms with Crippen LogP contribution in [-0.2, 0) is 9.47 Å². The zero-order valence-electron chi connectivity index (χ0n) is 18.5. The third kappa shape index (κ3) is 9.11. The van der Waals surface area contributed by atoms with Gasteiger partial charge >= 0.3 is 0 Å². The van der Waals surface area contributed by atoms with E-state index >= 15 is 0 Å². The molecule has 5 N–H and O–H groups in total. The van der Waals surface area contributed by atoms with Crippen LogP contribution in [0.4, 0.5) is 11.5 Å². The van der Waals surface area contributed by atoms with Gasteiger partial charge in [0.05, 0.1) is 19.3 Å². The Morgan fingerprint density at radius 1 is 1.27 bits per heavy atom. The van der Waals surface area contributed by atoms with Crippen molar-refractivity contribution in [3.63, 3.8) is 0 Å². The molecular weight excluding hydrogens is 428 g/mol. The van der Waals surface area contributed by atoms with Gasteiger partial charge in [0, 0.05) is 18.9 Å². The Kier molecular flexibility index (Phi) is 12.9. The third-order valence-corrected chi connectivity index (χ3v) is 6.31. The van der Waals surface area contributed by atoms with Gasteiger partial charge < -0.3 is 30.7 Å². The van der Waals surface area contributed by atoms with Gasteiger partial charge in [-0.25, -0.2) is 9.97 Å². The monoisotopic (exact) mass is 464 g/mol. The lowest BCUT2D eigenvalue weighted by Crippen LogP contribution is -2.28. The van der Waals surface area contributed by atoms with E-state index in [1.807, 2.05) is 13.8 Å². The SMILES string of the molecule is CCC(O)(CC)OC.CCCSc1nc(Cl)c(N)c(NC2CCC(OCCO)C2)n1. The van der Waals surface area contributed by atoms with Gasteiger partial charge in [0.2, 0.25) is 0 Å². The van der Waals surface area contributed by atoms with E-state index in [2.05, 4.69) is 22.2 Å². The number of anilines is 2. The Bertz CT molecular complexity index is 614. The molecule has 10 heteroatoms. The number of rotatable bonds is 11. The smallest absolute Gasteiger partial charge is 0.191 e. The van der Waals surface area contributed by atoms with Crippen LogP contribution in [0.15, 0.2) is 5.16 Å². The molecule has 2 rings (SSSR count). The first-order chi connectivity index (χ1) is 14.3. The molecule has 8 nitrogen and oxygen atoms in total. The fourth-order valence-corrected chi connectivity index (χ4v) is 3.88. The average molecular weight is 465 g/mol. The fraction of sp³-hybridized carbons (Fsp3) is 0.800. The molecule has 30 heavy (non-hydrogen) atoms. The van der Waals surface area contributed by atoms with Gasteiger partial charge in [-0.3, -0.25) is 0 Å². The van der Waals surface area contributed by atoms with Crippen LogP contribution in [0.2, 0.25) is 5.15 Å². The van der Waals surface area contributed by atoms with Crippen molar-refractivity contribution in [1.82, 2.24) is 9.97 Å². The van der Waals surface area contributed by atoms with E-state index in [4.69, 9.17) is 31.9 Å². The van der Waals surface area contributed by atoms with Crippen LogP contribution in [-0.4, -0.2) is 64.2 Å². The molecule has 1 aliphatic carbocycles. The molecule has 1 aromatic rings. The molecule has 1 saturated carbocycles. The van der Waals surface area contributed by atoms with Crippen molar-refractivity contribution in [1.29, 1.82) is 0 Å². The minimum absolute atomic E-state index is 0.0566. The molecule has 0 spiro atoms. The Labute approximate surface area is 189 Å². The van der Waals surface area contributed by atoms with Gasteiger partial charge in [0.1, 0.15) is 5.69 Å². The molecule has 174 valence electrons. The normalized spacial score (nSPS) is 18.8. The maximum Gasteiger partial charge on any atom is 0.191 e. The minimum Gasteiger partial charge on any atom is -0.394 e. The number of aliphatic hydroxyl groups excluding tert-OH is 1. The van der Waals surface area contributed by atoms with Crippen molar-refractivity contribution in [3.8, 4) is 0 Å². The topological polar surface area (TPSA) is 123 Å². The van der Waals surface area contributed by atoms with Crippen LogP contribution in [0.25, 0.3) is 0 Å². The molecule has 1 fully saturated rings. The van der Waals surface area contributed by atoms with Crippen LogP contribution in [0.5, 0.6) is 0 Å². The molecule has 2 unspecified atom stereocenters. The summed E-state index contributed by atoms with van der Waals surface area (Å²) in [6.07, 6.45) is 5.35. The highest BCUT2D eigenvalue weighted by Crippen LogP contribution is 2.31. The molecule has 0 aliphatic heterocycles. The van der Waals surface area contributed by atoms with Crippen molar-refractivity contribution in [2.75, 3.05) is 37.1 Å². The van der Waals surface area contributed by atoms with Crippen molar-refractivity contribution in [2.24, 2.45) is 0 Å². The summed E-state index contributed by atoms with van der Waals surface area (Å²) >= 11 is 7.67. The molecule has 1 heterocycles. The summed E-state index contributed by atoms with van der Waals surface area (Å²) in [7, 11) is 1.52. The number of nitrogen functional groups attached to an aromatic ring is 1. The number of aliphatic hydroxyl groups is 2. The minimum atomic E-state index is -0.875. The van der Waals surface area contributed by atoms with Gasteiger partial charge in [-0.2, -0.15) is 0 Å². The lowest BCUT2D eigenvalue weighted by atomic mass is 10.1. The molecular formula is C20H37ClN4O4S. The Hall–Kier alpha value is -0.840. The summed E-state index contributed by atoms with van der Waals surface area (Å²) < 4.78 is 10.4. The number of hydrogen-bond acceptors (Lipinski definition) is 9. The predicted molar refractivity (Wildman–Crippen MR) is 123 cm³/mol. The van der Waals surface area contributed by atoms with E-state index in [0.29, 0.717) is 41.3 Å². The largest absolute Gasteiger partial charge is 0.394 e. The Morgan fingerprint density at radius 2 is 1.97 bits per heavy atom. The second-order valence-corrected chi connectivity index (χ2v) is 8.56. The number of methoxy groups -OCH3 is 1. The van der Waals surface area contributed by atoms with Gasteiger partial charge in [-0.1, -0.05) is 44.1 Å². The first kappa shape index (κ1) is 27.2. The zero-order chi connectivity index (χ0) is 22.6. The van der Waals surface area contributed by atoms with Gasteiger partial charge in [-0.15, -0.1) is 0 Å². The summed E-state index contributed by atoms with van der Waals surface area (Å²) in [5, 5.41) is 22.3. The summed E-state index contributed by atoms with van der Waals surface area (Å²) in [6, 6.07) is 0.251. The number of halogens is 1. The van der Waals surface area contributed by atoms with Crippen molar-refractivity contribution in [2.45, 2.75) is 82.4 Å². The average Bonchev–Trinajstić information content (AvgIpc) is 3.21. The van der Waals surface area contributed by atoms with Crippen molar-refractivity contribution in [3.05, 3.63) is 5.15 Å². The number of thioether (sulfide) groups is 1. The van der Waals surface area contributed by atoms with E-state index < -0.39 is 5.79 Å². The second kappa shape index (κ2) is 14.3. The lowest BCUT2D eigenvalue weighted by molar-refractivity contribution is -0.188. The molecule has 0 bridgehead atoms. The van der Waals surface area contributed by atoms with Crippen LogP contribution < -0.4 is 11.1 Å². The first-order valence-corrected chi connectivity index (χ1v) is 11.9. The highest BCUT2D eigenvalue weighted by Gasteiger charge is 2.26. The first-order valence-electron chi connectivity index (χ1n) is 10.5. The quantitative estimate of drug-likeness (QED) is 0.168. The summed E-state index contributed by atoms with van der Waals surface area (Å²) in [5.41, 5.74) is 6.37. The van der Waals surface area contributed by atoms with Gasteiger partial charge in [0.25, 0.3) is 0 Å². The predicted octanol–water partition coefficient (Wildman–Crippen LogP) is 3.70. The van der Waals surface area contributed by atoms with Crippen LogP contribution in [0.1, 0.15) is 59.3 Å². The number of hydrogen-bond donors (Lipinski definition) is 4. The van der Waals surface area contributed by atoms with Gasteiger partial charge in [-0.05, 0) is 38.5 Å². The van der Waals surface area contributed by atoms with Crippen LogP contribution in [0, 0.1) is 0 Å². The van der Waals surface area contributed by atoms with Gasteiger partial charge in [0.15, 0.2) is 21.9 Å². The van der Waals surface area contributed by atoms with Crippen molar-refractivity contribution >= 4 is 34.9 Å². The van der Waals surface area contributed by atoms with E-state index in [1.165, 1.54) is 7.11 Å². The number of ether oxygens (including phenoxy) is 2. The van der Waals surface area contributed by atoms with E-state index in [-0.39, 0.29) is 18.8 Å². The lowest BCUT2D eigenvalue weighted by Gasteiger charge is -2.22. The molecule has 0 radical (unpaired) electrons. The molecule has 1 aromatic heterocycles. The molecule has 1 aliphatic rings. The summed E-state index contributed by atoms with van der Waals surface area (Å²) in [6.45, 7) is 6.34. The van der Waals surface area contributed by atoms with Crippen LogP contribution in [0.3, 0.4) is 0 Å². The maximum atomic E-state index is 9.22. The molecule has 0 saturated heterocycles. The number of nitrogens with one attached hydrogen (secondary N) is 1. The fourth-order valence-electron chi connectivity index (χ4n) is 2.96. The molecule has 0 aromatic carbocycles. The Balaban J connectivity index is 0.000000479. The van der Waals surface area contributed by atoms with E-state index in [1.54, 1.807) is 11.8 Å².